The molecule has 212 valence electrons. The summed E-state index contributed by atoms with van der Waals surface area (Å²) in [6.07, 6.45) is 18.5. The monoisotopic (exact) mass is 524 g/mol. The van der Waals surface area contributed by atoms with E-state index in [0.29, 0.717) is 30.6 Å². The molecule has 0 heterocycles. The first kappa shape index (κ1) is 29.5. The minimum absolute atomic E-state index is 0.178. The largest absolute Gasteiger partial charge is 0.392 e. The average molecular weight is 525 g/mol. The van der Waals surface area contributed by atoms with Gasteiger partial charge in [0.15, 0.2) is 0 Å². The van der Waals surface area contributed by atoms with Gasteiger partial charge in [-0.1, -0.05) is 77.0 Å². The van der Waals surface area contributed by atoms with Crippen molar-refractivity contribution in [1.29, 1.82) is 0 Å². The minimum atomic E-state index is -0.680. The van der Waals surface area contributed by atoms with E-state index in [1.165, 1.54) is 31.3 Å². The Bertz CT molecular complexity index is 969. The van der Waals surface area contributed by atoms with Crippen LogP contribution in [0.1, 0.15) is 105 Å². The van der Waals surface area contributed by atoms with E-state index in [0.717, 1.165) is 49.7 Å². The van der Waals surface area contributed by atoms with Crippen LogP contribution in [0.2, 0.25) is 0 Å². The van der Waals surface area contributed by atoms with E-state index in [1.54, 1.807) is 0 Å². The van der Waals surface area contributed by atoms with E-state index in [-0.39, 0.29) is 17.1 Å². The molecule has 0 aromatic heterocycles. The number of fused-ring (bicyclic) bond motifs is 1. The van der Waals surface area contributed by atoms with Gasteiger partial charge in [0.2, 0.25) is 0 Å². The Balaban J connectivity index is 1.42. The molecule has 38 heavy (non-hydrogen) atoms. The molecule has 8 atom stereocenters. The fourth-order valence-electron chi connectivity index (χ4n) is 8.04. The van der Waals surface area contributed by atoms with Gasteiger partial charge in [-0.3, -0.25) is 4.79 Å². The molecule has 4 rings (SSSR count). The average Bonchev–Trinajstić information content (AvgIpc) is 3.63. The van der Waals surface area contributed by atoms with E-state index in [1.807, 2.05) is 13.0 Å². The van der Waals surface area contributed by atoms with Gasteiger partial charge in [0, 0.05) is 12.3 Å². The van der Waals surface area contributed by atoms with E-state index >= 15 is 0 Å². The maximum Gasteiger partial charge on any atom is 0.141 e. The van der Waals surface area contributed by atoms with Crippen LogP contribution in [0, 0.1) is 34.5 Å². The molecule has 4 saturated carbocycles. The predicted molar refractivity (Wildman–Crippen MR) is 154 cm³/mol. The van der Waals surface area contributed by atoms with Crippen molar-refractivity contribution in [2.24, 2.45) is 34.5 Å². The van der Waals surface area contributed by atoms with Crippen molar-refractivity contribution in [3.05, 3.63) is 47.6 Å². The first-order valence-corrected chi connectivity index (χ1v) is 15.4. The lowest BCUT2D eigenvalue weighted by Gasteiger charge is -2.44. The molecular weight excluding hydrogens is 472 g/mol. The van der Waals surface area contributed by atoms with Crippen LogP contribution in [0.15, 0.2) is 47.6 Å². The van der Waals surface area contributed by atoms with Crippen molar-refractivity contribution in [2.45, 2.75) is 123 Å². The highest BCUT2D eigenvalue weighted by Gasteiger charge is 2.54. The number of aliphatic hydroxyl groups excluding tert-OH is 3. The zero-order chi connectivity index (χ0) is 27.7. The fourth-order valence-corrected chi connectivity index (χ4v) is 8.04. The summed E-state index contributed by atoms with van der Waals surface area (Å²) in [5.41, 5.74) is 2.93. The Kier molecular flexibility index (Phi) is 9.27. The molecule has 4 aliphatic carbocycles. The number of allylic oxidation sites excluding steroid dienone is 4. The SMILES string of the molecule is C=C1/C(=C\C=C2/CCC[C@]3(C)[C@@H]([C@@H](C)/C=C/[C@@H](O)C4(C(=O)CCCCC)CC4)CC[C@@H]23)C[C@@H](O)[C@H](C)[C@@H]1O. The summed E-state index contributed by atoms with van der Waals surface area (Å²) < 4.78 is 0. The second-order valence-corrected chi connectivity index (χ2v) is 13.4. The van der Waals surface area contributed by atoms with E-state index < -0.39 is 23.7 Å². The van der Waals surface area contributed by atoms with E-state index in [4.69, 9.17) is 0 Å². The third kappa shape index (κ3) is 5.69. The van der Waals surface area contributed by atoms with Gasteiger partial charge in [0.1, 0.15) is 5.78 Å². The van der Waals surface area contributed by atoms with Crippen molar-refractivity contribution >= 4 is 5.78 Å². The molecule has 0 aliphatic heterocycles. The van der Waals surface area contributed by atoms with E-state index in [9.17, 15) is 20.1 Å². The third-order valence-electron chi connectivity index (χ3n) is 11.0. The molecule has 0 unspecified atom stereocenters. The van der Waals surface area contributed by atoms with Crippen molar-refractivity contribution in [3.8, 4) is 0 Å². The Morgan fingerprint density at radius 2 is 1.87 bits per heavy atom. The second kappa shape index (κ2) is 11.9. The summed E-state index contributed by atoms with van der Waals surface area (Å²) in [5.74, 6) is 1.53. The van der Waals surface area contributed by atoms with Crippen LogP contribution in [0.3, 0.4) is 0 Å². The van der Waals surface area contributed by atoms with Crippen LogP contribution in [0.4, 0.5) is 0 Å². The van der Waals surface area contributed by atoms with Crippen molar-refractivity contribution < 1.29 is 20.1 Å². The molecule has 0 saturated heterocycles. The highest BCUT2D eigenvalue weighted by atomic mass is 16.3. The van der Waals surface area contributed by atoms with Gasteiger partial charge in [-0.25, -0.2) is 0 Å². The van der Waals surface area contributed by atoms with Crippen LogP contribution in [-0.4, -0.2) is 39.4 Å². The van der Waals surface area contributed by atoms with Gasteiger partial charge in [-0.2, -0.15) is 0 Å². The quantitative estimate of drug-likeness (QED) is 0.216. The Morgan fingerprint density at radius 1 is 1.13 bits per heavy atom. The number of ketones is 1. The van der Waals surface area contributed by atoms with Crippen LogP contribution in [0.5, 0.6) is 0 Å². The summed E-state index contributed by atoms with van der Waals surface area (Å²) in [5, 5.41) is 31.8. The maximum atomic E-state index is 12.8. The standard InChI is InChI=1S/C34H52O4/c1-6-7-8-11-30(36)34(19-20-34)31(37)17-12-22(2)27-15-16-28-25(10-9-18-33(27,28)5)13-14-26-21-29(35)24(4)32(38)23(26)3/h12-14,17,22,24,27-29,31-32,35,37-38H,3,6-11,15-16,18-21H2,1-2,4-5H3/b17-12+,25-13+,26-14-/t22-,24-,27+,28-,29+,31+,32+,33+/m0/s1. The predicted octanol–water partition coefficient (Wildman–Crippen LogP) is 6.86. The fraction of sp³-hybridized carbons (Fsp3) is 0.735. The zero-order valence-corrected chi connectivity index (χ0v) is 24.3. The lowest BCUT2D eigenvalue weighted by Crippen LogP contribution is -2.36. The van der Waals surface area contributed by atoms with Crippen LogP contribution >= 0.6 is 0 Å². The molecule has 0 aromatic carbocycles. The number of hydrogen-bond acceptors (Lipinski definition) is 4. The lowest BCUT2D eigenvalue weighted by atomic mass is 9.61. The maximum absolute atomic E-state index is 12.8. The smallest absolute Gasteiger partial charge is 0.141 e. The Labute approximate surface area is 231 Å². The van der Waals surface area contributed by atoms with Crippen molar-refractivity contribution in [1.82, 2.24) is 0 Å². The summed E-state index contributed by atoms with van der Waals surface area (Å²) in [6, 6.07) is 0. The minimum Gasteiger partial charge on any atom is -0.392 e. The molecule has 4 fully saturated rings. The molecular formula is C34H52O4. The number of carbonyl (C=O) groups excluding carboxylic acids is 1. The van der Waals surface area contributed by atoms with Crippen LogP contribution in [0.25, 0.3) is 0 Å². The number of carbonyl (C=O) groups is 1. The summed E-state index contributed by atoms with van der Waals surface area (Å²) in [6.45, 7) is 12.9. The highest BCUT2D eigenvalue weighted by molar-refractivity contribution is 5.88. The van der Waals surface area contributed by atoms with Crippen LogP contribution in [-0.2, 0) is 4.79 Å². The number of hydrogen-bond donors (Lipinski definition) is 3. The summed E-state index contributed by atoms with van der Waals surface area (Å²) >= 11 is 0. The normalized spacial score (nSPS) is 38.5. The summed E-state index contributed by atoms with van der Waals surface area (Å²) in [7, 11) is 0. The van der Waals surface area contributed by atoms with Gasteiger partial charge in [-0.05, 0) is 92.1 Å². The van der Waals surface area contributed by atoms with E-state index in [2.05, 4.69) is 45.6 Å². The number of aliphatic hydroxyl groups is 3. The molecule has 0 aromatic rings. The summed E-state index contributed by atoms with van der Waals surface area (Å²) in [4.78, 5) is 12.8. The van der Waals surface area contributed by atoms with Gasteiger partial charge < -0.3 is 15.3 Å². The Morgan fingerprint density at radius 3 is 2.55 bits per heavy atom. The molecule has 0 bridgehead atoms. The van der Waals surface area contributed by atoms with Gasteiger partial charge in [0.05, 0.1) is 23.7 Å². The first-order chi connectivity index (χ1) is 18.0. The topological polar surface area (TPSA) is 77.8 Å². The van der Waals surface area contributed by atoms with Crippen molar-refractivity contribution in [3.63, 3.8) is 0 Å². The molecule has 0 radical (unpaired) electrons. The Hall–Kier alpha value is -1.49. The molecule has 0 amide bonds. The van der Waals surface area contributed by atoms with Gasteiger partial charge >= 0.3 is 0 Å². The molecule has 3 N–H and O–H groups in total. The molecule has 4 heteroatoms. The molecule has 0 spiro atoms. The third-order valence-corrected chi connectivity index (χ3v) is 11.0. The van der Waals surface area contributed by atoms with Gasteiger partial charge in [-0.15, -0.1) is 0 Å². The molecule has 4 nitrogen and oxygen atoms in total. The molecule has 4 aliphatic rings. The van der Waals surface area contributed by atoms with Crippen LogP contribution < -0.4 is 0 Å². The first-order valence-electron chi connectivity index (χ1n) is 15.4. The lowest BCUT2D eigenvalue weighted by molar-refractivity contribution is -0.127. The zero-order valence-electron chi connectivity index (χ0n) is 24.3. The van der Waals surface area contributed by atoms with Crippen molar-refractivity contribution in [2.75, 3.05) is 0 Å². The van der Waals surface area contributed by atoms with Gasteiger partial charge in [0.25, 0.3) is 0 Å². The highest BCUT2D eigenvalue weighted by Crippen LogP contribution is 2.60. The second-order valence-electron chi connectivity index (χ2n) is 13.4. The number of rotatable bonds is 10. The number of Topliss-reactive ketones (excluding diaryl/α,β-unsaturated/α-hetero) is 1. The number of unbranched alkanes of at least 4 members (excludes halogenated alkanes) is 2.